The van der Waals surface area contributed by atoms with Crippen LogP contribution in [0, 0.1) is 11.8 Å². The maximum atomic E-state index is 8.65. The van der Waals surface area contributed by atoms with E-state index in [1.807, 2.05) is 24.3 Å². The van der Waals surface area contributed by atoms with E-state index in [9.17, 15) is 0 Å². The van der Waals surface area contributed by atoms with E-state index >= 15 is 0 Å². The molecule has 3 heteroatoms. The number of hydrogen-bond donors (Lipinski definition) is 1. The van der Waals surface area contributed by atoms with E-state index in [4.69, 9.17) is 14.6 Å². The highest BCUT2D eigenvalue weighted by Gasteiger charge is 2.00. The minimum Gasteiger partial charge on any atom is -0.491 e. The van der Waals surface area contributed by atoms with E-state index in [2.05, 4.69) is 25.7 Å². The van der Waals surface area contributed by atoms with Gasteiger partial charge in [0.15, 0.2) is 0 Å². The average molecular weight is 276 g/mol. The molecule has 1 unspecified atom stereocenters. The van der Waals surface area contributed by atoms with Crippen LogP contribution in [0.5, 0.6) is 5.75 Å². The molecule has 0 amide bonds. The van der Waals surface area contributed by atoms with Gasteiger partial charge in [-0.1, -0.05) is 25.2 Å². The predicted octanol–water partition coefficient (Wildman–Crippen LogP) is 3.00. The molecule has 20 heavy (non-hydrogen) atoms. The average Bonchev–Trinajstić information content (AvgIpc) is 2.46. The summed E-state index contributed by atoms with van der Waals surface area (Å²) in [6.07, 6.45) is 3.03. The van der Waals surface area contributed by atoms with Gasteiger partial charge in [-0.3, -0.25) is 0 Å². The van der Waals surface area contributed by atoms with Gasteiger partial charge in [0.25, 0.3) is 0 Å². The van der Waals surface area contributed by atoms with Crippen LogP contribution >= 0.6 is 0 Å². The number of benzene rings is 1. The second kappa shape index (κ2) is 10.3. The van der Waals surface area contributed by atoms with Crippen molar-refractivity contribution in [2.75, 3.05) is 19.8 Å². The van der Waals surface area contributed by atoms with Crippen LogP contribution in [0.15, 0.2) is 24.3 Å². The molecule has 0 aliphatic carbocycles. The number of aliphatic hydroxyl groups is 1. The molecular weight excluding hydrogens is 252 g/mol. The molecule has 0 spiro atoms. The minimum atomic E-state index is 0.102. The SMILES string of the molecule is CCCC(C)OCCOc1ccc(C#CCCO)cc1. The first-order chi connectivity index (χ1) is 9.76. The second-order valence-corrected chi connectivity index (χ2v) is 4.62. The number of ether oxygens (including phenoxy) is 2. The quantitative estimate of drug-likeness (QED) is 0.586. The molecule has 0 radical (unpaired) electrons. The Labute approximate surface area is 121 Å². The summed E-state index contributed by atoms with van der Waals surface area (Å²) >= 11 is 0. The molecule has 110 valence electrons. The van der Waals surface area contributed by atoms with Crippen molar-refractivity contribution < 1.29 is 14.6 Å². The molecule has 0 saturated heterocycles. The zero-order valence-electron chi connectivity index (χ0n) is 12.4. The summed E-state index contributed by atoms with van der Waals surface area (Å²) < 4.78 is 11.2. The van der Waals surface area contributed by atoms with E-state index in [0.29, 0.717) is 25.7 Å². The zero-order chi connectivity index (χ0) is 14.6. The summed E-state index contributed by atoms with van der Waals surface area (Å²) in [4.78, 5) is 0. The smallest absolute Gasteiger partial charge is 0.119 e. The maximum absolute atomic E-state index is 8.65. The molecule has 3 nitrogen and oxygen atoms in total. The normalized spacial score (nSPS) is 11.6. The molecule has 1 aromatic carbocycles. The monoisotopic (exact) mass is 276 g/mol. The molecule has 1 rings (SSSR count). The standard InChI is InChI=1S/C17H24O3/c1-3-6-15(2)19-13-14-20-17-10-8-16(9-11-17)7-4-5-12-18/h8-11,15,18H,3,5-6,12-14H2,1-2H3. The third-order valence-corrected chi connectivity index (χ3v) is 2.77. The van der Waals surface area contributed by atoms with E-state index in [1.165, 1.54) is 0 Å². The van der Waals surface area contributed by atoms with E-state index in [-0.39, 0.29) is 6.61 Å². The van der Waals surface area contributed by atoms with Gasteiger partial charge in [-0.15, -0.1) is 0 Å². The largest absolute Gasteiger partial charge is 0.491 e. The summed E-state index contributed by atoms with van der Waals surface area (Å²) in [5.41, 5.74) is 0.929. The van der Waals surface area contributed by atoms with Crippen LogP contribution in [0.25, 0.3) is 0 Å². The predicted molar refractivity (Wildman–Crippen MR) is 80.8 cm³/mol. The first-order valence-corrected chi connectivity index (χ1v) is 7.20. The van der Waals surface area contributed by atoms with Crippen LogP contribution in [0.2, 0.25) is 0 Å². The third kappa shape index (κ3) is 7.18. The van der Waals surface area contributed by atoms with Gasteiger partial charge in [-0.25, -0.2) is 0 Å². The van der Waals surface area contributed by atoms with Crippen LogP contribution in [-0.4, -0.2) is 31.0 Å². The molecule has 0 fully saturated rings. The Morgan fingerprint density at radius 3 is 2.60 bits per heavy atom. The van der Waals surface area contributed by atoms with Crippen LogP contribution in [-0.2, 0) is 4.74 Å². The fraction of sp³-hybridized carbons (Fsp3) is 0.529. The Balaban J connectivity index is 2.26. The van der Waals surface area contributed by atoms with Crippen molar-refractivity contribution in [1.82, 2.24) is 0 Å². The summed E-state index contributed by atoms with van der Waals surface area (Å²) in [6.45, 7) is 5.51. The Morgan fingerprint density at radius 1 is 1.20 bits per heavy atom. The molecule has 1 aromatic rings. The molecule has 0 aromatic heterocycles. The fourth-order valence-electron chi connectivity index (χ4n) is 1.75. The van der Waals surface area contributed by atoms with Crippen molar-refractivity contribution in [3.8, 4) is 17.6 Å². The van der Waals surface area contributed by atoms with Crippen LogP contribution in [0.3, 0.4) is 0 Å². The van der Waals surface area contributed by atoms with Crippen molar-refractivity contribution in [3.05, 3.63) is 29.8 Å². The van der Waals surface area contributed by atoms with Crippen LogP contribution in [0.4, 0.5) is 0 Å². The van der Waals surface area contributed by atoms with Crippen molar-refractivity contribution in [1.29, 1.82) is 0 Å². The lowest BCUT2D eigenvalue weighted by molar-refractivity contribution is 0.0395. The first-order valence-electron chi connectivity index (χ1n) is 7.20. The van der Waals surface area contributed by atoms with Crippen LogP contribution < -0.4 is 4.74 Å². The lowest BCUT2D eigenvalue weighted by Gasteiger charge is -2.12. The van der Waals surface area contributed by atoms with Gasteiger partial charge in [-0.2, -0.15) is 0 Å². The Bertz CT molecular complexity index is 414. The third-order valence-electron chi connectivity index (χ3n) is 2.77. The lowest BCUT2D eigenvalue weighted by Crippen LogP contribution is -2.13. The van der Waals surface area contributed by atoms with E-state index < -0.39 is 0 Å². The number of aliphatic hydroxyl groups excluding tert-OH is 1. The second-order valence-electron chi connectivity index (χ2n) is 4.62. The number of rotatable bonds is 8. The minimum absolute atomic E-state index is 0.102. The highest BCUT2D eigenvalue weighted by Crippen LogP contribution is 2.11. The summed E-state index contributed by atoms with van der Waals surface area (Å²) in [6, 6.07) is 7.64. The Kier molecular flexibility index (Phi) is 8.53. The van der Waals surface area contributed by atoms with Gasteiger partial charge in [-0.05, 0) is 37.6 Å². The molecule has 0 aliphatic heterocycles. The van der Waals surface area contributed by atoms with Gasteiger partial charge < -0.3 is 14.6 Å². The summed E-state index contributed by atoms with van der Waals surface area (Å²) in [7, 11) is 0. The van der Waals surface area contributed by atoms with Crippen molar-refractivity contribution >= 4 is 0 Å². The van der Waals surface area contributed by atoms with Crippen molar-refractivity contribution in [3.63, 3.8) is 0 Å². The first kappa shape index (κ1) is 16.6. The highest BCUT2D eigenvalue weighted by atomic mass is 16.5. The van der Waals surface area contributed by atoms with Gasteiger partial charge in [0.05, 0.1) is 19.3 Å². The summed E-state index contributed by atoms with van der Waals surface area (Å²) in [5, 5.41) is 8.65. The zero-order valence-corrected chi connectivity index (χ0v) is 12.4. The highest BCUT2D eigenvalue weighted by molar-refractivity contribution is 5.38. The molecule has 0 saturated carbocycles. The molecule has 0 heterocycles. The molecule has 0 bridgehead atoms. The Morgan fingerprint density at radius 2 is 1.95 bits per heavy atom. The Hall–Kier alpha value is -1.50. The van der Waals surface area contributed by atoms with Gasteiger partial charge in [0.1, 0.15) is 12.4 Å². The topological polar surface area (TPSA) is 38.7 Å². The van der Waals surface area contributed by atoms with Crippen LogP contribution in [0.1, 0.15) is 38.7 Å². The van der Waals surface area contributed by atoms with Crippen molar-refractivity contribution in [2.24, 2.45) is 0 Å². The molecule has 1 atom stereocenters. The molecule has 1 N–H and O–H groups in total. The van der Waals surface area contributed by atoms with Gasteiger partial charge in [0, 0.05) is 12.0 Å². The molecule has 0 aliphatic rings. The summed E-state index contributed by atoms with van der Waals surface area (Å²) in [5.74, 6) is 6.69. The number of hydrogen-bond acceptors (Lipinski definition) is 3. The van der Waals surface area contributed by atoms with Crippen molar-refractivity contribution in [2.45, 2.75) is 39.2 Å². The van der Waals surface area contributed by atoms with E-state index in [1.54, 1.807) is 0 Å². The van der Waals surface area contributed by atoms with Gasteiger partial charge in [0.2, 0.25) is 0 Å². The van der Waals surface area contributed by atoms with Gasteiger partial charge >= 0.3 is 0 Å². The molecular formula is C17H24O3. The lowest BCUT2D eigenvalue weighted by atomic mass is 10.2. The van der Waals surface area contributed by atoms with E-state index in [0.717, 1.165) is 24.2 Å². The fourth-order valence-corrected chi connectivity index (χ4v) is 1.75. The maximum Gasteiger partial charge on any atom is 0.119 e.